The number of hydrogen-bond donors (Lipinski definition) is 2. The van der Waals surface area contributed by atoms with Crippen molar-refractivity contribution in [1.29, 1.82) is 0 Å². The van der Waals surface area contributed by atoms with Crippen molar-refractivity contribution in [3.8, 4) is 0 Å². The Balaban J connectivity index is 1.86. The summed E-state index contributed by atoms with van der Waals surface area (Å²) in [4.78, 5) is 26.1. The van der Waals surface area contributed by atoms with Gasteiger partial charge in [0.25, 0.3) is 0 Å². The highest BCUT2D eigenvalue weighted by atomic mass is 16.3. The van der Waals surface area contributed by atoms with E-state index in [1.807, 2.05) is 0 Å². The van der Waals surface area contributed by atoms with E-state index in [0.29, 0.717) is 12.5 Å². The van der Waals surface area contributed by atoms with Gasteiger partial charge in [-0.15, -0.1) is 0 Å². The van der Waals surface area contributed by atoms with Crippen molar-refractivity contribution in [2.45, 2.75) is 64.5 Å². The quantitative estimate of drug-likeness (QED) is 0.782. The summed E-state index contributed by atoms with van der Waals surface area (Å²) in [6.45, 7) is 4.56. The Morgan fingerprint density at radius 2 is 1.77 bits per heavy atom. The van der Waals surface area contributed by atoms with E-state index in [0.717, 1.165) is 31.6 Å². The summed E-state index contributed by atoms with van der Waals surface area (Å²) in [5.41, 5.74) is 0. The average Bonchev–Trinajstić information content (AvgIpc) is 3.30. The standard InChI is InChI=1S/C17H30N2O3/c1-11-4-6-13(7-5-11)10-19(3)17(22)15(12(2)20)18-16(21)14-8-9-14/h11-15,20H,4-10H2,1-3H3,(H,18,21). The van der Waals surface area contributed by atoms with Crippen molar-refractivity contribution >= 4 is 11.8 Å². The number of carbonyl (C=O) groups is 2. The molecular formula is C17H30N2O3. The van der Waals surface area contributed by atoms with Gasteiger partial charge in [-0.3, -0.25) is 9.59 Å². The molecule has 2 unspecified atom stereocenters. The lowest BCUT2D eigenvalue weighted by molar-refractivity contribution is -0.139. The van der Waals surface area contributed by atoms with Gasteiger partial charge in [0.15, 0.2) is 0 Å². The summed E-state index contributed by atoms with van der Waals surface area (Å²) in [6, 6.07) is -0.819. The maximum absolute atomic E-state index is 12.6. The van der Waals surface area contributed by atoms with Gasteiger partial charge < -0.3 is 15.3 Å². The number of amides is 2. The zero-order valence-corrected chi connectivity index (χ0v) is 14.0. The van der Waals surface area contributed by atoms with E-state index in [-0.39, 0.29) is 17.7 Å². The molecule has 0 spiro atoms. The Morgan fingerprint density at radius 3 is 2.27 bits per heavy atom. The molecule has 2 rings (SSSR count). The molecule has 2 aliphatic rings. The van der Waals surface area contributed by atoms with Crippen LogP contribution in [-0.2, 0) is 9.59 Å². The lowest BCUT2D eigenvalue weighted by Gasteiger charge is -2.32. The van der Waals surface area contributed by atoms with Crippen LogP contribution in [0, 0.1) is 17.8 Å². The van der Waals surface area contributed by atoms with Gasteiger partial charge >= 0.3 is 0 Å². The lowest BCUT2D eigenvalue weighted by atomic mass is 9.83. The molecule has 2 amide bonds. The fourth-order valence-corrected chi connectivity index (χ4v) is 3.23. The summed E-state index contributed by atoms with van der Waals surface area (Å²) in [5.74, 6) is 1.10. The summed E-state index contributed by atoms with van der Waals surface area (Å²) in [6.07, 6.45) is 5.68. The van der Waals surface area contributed by atoms with Gasteiger partial charge in [-0.25, -0.2) is 0 Å². The van der Waals surface area contributed by atoms with Crippen LogP contribution in [-0.4, -0.2) is 47.6 Å². The van der Waals surface area contributed by atoms with E-state index in [1.165, 1.54) is 12.8 Å². The fraction of sp³-hybridized carbons (Fsp3) is 0.882. The van der Waals surface area contributed by atoms with Crippen LogP contribution in [0.25, 0.3) is 0 Å². The molecule has 0 aliphatic heterocycles. The second-order valence-electron chi connectivity index (χ2n) is 7.35. The first-order chi connectivity index (χ1) is 10.4. The molecular weight excluding hydrogens is 280 g/mol. The summed E-state index contributed by atoms with van der Waals surface area (Å²) >= 11 is 0. The molecule has 0 aromatic heterocycles. The number of carbonyl (C=O) groups excluding carboxylic acids is 2. The van der Waals surface area contributed by atoms with E-state index in [4.69, 9.17) is 0 Å². The maximum Gasteiger partial charge on any atom is 0.247 e. The Kier molecular flexibility index (Phi) is 5.84. The number of nitrogens with zero attached hydrogens (tertiary/aromatic N) is 1. The van der Waals surface area contributed by atoms with Crippen LogP contribution in [0.15, 0.2) is 0 Å². The first-order valence-corrected chi connectivity index (χ1v) is 8.62. The first kappa shape index (κ1) is 17.3. The van der Waals surface area contributed by atoms with Crippen LogP contribution in [0.5, 0.6) is 0 Å². The maximum atomic E-state index is 12.6. The highest BCUT2D eigenvalue weighted by molar-refractivity contribution is 5.89. The molecule has 22 heavy (non-hydrogen) atoms. The normalized spacial score (nSPS) is 27.8. The predicted molar refractivity (Wildman–Crippen MR) is 85.1 cm³/mol. The SMILES string of the molecule is CC1CCC(CN(C)C(=O)C(NC(=O)C2CC2)C(C)O)CC1. The average molecular weight is 310 g/mol. The molecule has 2 saturated carbocycles. The zero-order valence-electron chi connectivity index (χ0n) is 14.0. The monoisotopic (exact) mass is 310 g/mol. The summed E-state index contributed by atoms with van der Waals surface area (Å²) in [5, 5.41) is 12.6. The van der Waals surface area contributed by atoms with Crippen LogP contribution in [0.1, 0.15) is 52.4 Å². The van der Waals surface area contributed by atoms with Gasteiger partial charge in [-0.2, -0.15) is 0 Å². The van der Waals surface area contributed by atoms with Gasteiger partial charge in [-0.1, -0.05) is 19.8 Å². The second-order valence-corrected chi connectivity index (χ2v) is 7.35. The third kappa shape index (κ3) is 4.70. The summed E-state index contributed by atoms with van der Waals surface area (Å²) < 4.78 is 0. The minimum Gasteiger partial charge on any atom is -0.391 e. The second kappa shape index (κ2) is 7.44. The van der Waals surface area contributed by atoms with Crippen LogP contribution in [0.3, 0.4) is 0 Å². The lowest BCUT2D eigenvalue weighted by Crippen LogP contribution is -2.53. The minimum atomic E-state index is -0.871. The van der Waals surface area contributed by atoms with Crippen molar-refractivity contribution in [2.24, 2.45) is 17.8 Å². The van der Waals surface area contributed by atoms with Crippen LogP contribution < -0.4 is 5.32 Å². The van der Waals surface area contributed by atoms with E-state index in [2.05, 4.69) is 12.2 Å². The molecule has 2 N–H and O–H groups in total. The molecule has 126 valence electrons. The van der Waals surface area contributed by atoms with E-state index in [1.54, 1.807) is 18.9 Å². The van der Waals surface area contributed by atoms with Crippen molar-refractivity contribution in [3.63, 3.8) is 0 Å². The molecule has 0 radical (unpaired) electrons. The summed E-state index contributed by atoms with van der Waals surface area (Å²) in [7, 11) is 1.78. The van der Waals surface area contributed by atoms with Crippen LogP contribution in [0.2, 0.25) is 0 Å². The Labute approximate surface area is 133 Å². The smallest absolute Gasteiger partial charge is 0.247 e. The van der Waals surface area contributed by atoms with Crippen molar-refractivity contribution in [3.05, 3.63) is 0 Å². The number of likely N-dealkylation sites (N-methyl/N-ethyl adjacent to an activating group) is 1. The molecule has 0 bridgehead atoms. The van der Waals surface area contributed by atoms with Crippen LogP contribution >= 0.6 is 0 Å². The fourth-order valence-electron chi connectivity index (χ4n) is 3.23. The molecule has 5 heteroatoms. The highest BCUT2D eigenvalue weighted by Crippen LogP contribution is 2.30. The van der Waals surface area contributed by atoms with Crippen molar-refractivity contribution in [1.82, 2.24) is 10.2 Å². The predicted octanol–water partition coefficient (Wildman–Crippen LogP) is 1.55. The highest BCUT2D eigenvalue weighted by Gasteiger charge is 2.35. The molecule has 2 atom stereocenters. The van der Waals surface area contributed by atoms with Crippen molar-refractivity contribution in [2.75, 3.05) is 13.6 Å². The third-order valence-corrected chi connectivity index (χ3v) is 5.04. The minimum absolute atomic E-state index is 0.0409. The molecule has 2 aliphatic carbocycles. The topological polar surface area (TPSA) is 69.6 Å². The Hall–Kier alpha value is -1.10. The van der Waals surface area contributed by atoms with Gasteiger partial charge in [0.2, 0.25) is 11.8 Å². The molecule has 0 aromatic carbocycles. The Bertz CT molecular complexity index is 399. The molecule has 0 aromatic rings. The third-order valence-electron chi connectivity index (χ3n) is 5.04. The first-order valence-electron chi connectivity index (χ1n) is 8.62. The Morgan fingerprint density at radius 1 is 1.18 bits per heavy atom. The molecule has 0 saturated heterocycles. The molecule has 0 heterocycles. The van der Waals surface area contributed by atoms with Gasteiger partial charge in [0.1, 0.15) is 6.04 Å². The van der Waals surface area contributed by atoms with Gasteiger partial charge in [0, 0.05) is 19.5 Å². The number of hydrogen-bond acceptors (Lipinski definition) is 3. The molecule has 5 nitrogen and oxygen atoms in total. The largest absolute Gasteiger partial charge is 0.391 e. The number of rotatable bonds is 6. The van der Waals surface area contributed by atoms with Gasteiger partial charge in [0.05, 0.1) is 6.10 Å². The number of aliphatic hydroxyl groups is 1. The molecule has 2 fully saturated rings. The van der Waals surface area contributed by atoms with E-state index < -0.39 is 12.1 Å². The van der Waals surface area contributed by atoms with E-state index >= 15 is 0 Å². The van der Waals surface area contributed by atoms with Crippen molar-refractivity contribution < 1.29 is 14.7 Å². The zero-order chi connectivity index (χ0) is 16.3. The van der Waals surface area contributed by atoms with E-state index in [9.17, 15) is 14.7 Å². The van der Waals surface area contributed by atoms with Gasteiger partial charge in [-0.05, 0) is 44.4 Å². The van der Waals surface area contributed by atoms with Crippen LogP contribution in [0.4, 0.5) is 0 Å². The number of aliphatic hydroxyl groups excluding tert-OH is 1. The number of nitrogens with one attached hydrogen (secondary N) is 1.